The van der Waals surface area contributed by atoms with Gasteiger partial charge in [0, 0.05) is 16.4 Å². The number of hydrogen-bond acceptors (Lipinski definition) is 4. The molecule has 1 atom stereocenters. The van der Waals surface area contributed by atoms with Gasteiger partial charge in [0.15, 0.2) is 0 Å². The van der Waals surface area contributed by atoms with E-state index in [-0.39, 0.29) is 5.25 Å². The number of primary amides is 1. The summed E-state index contributed by atoms with van der Waals surface area (Å²) in [6.07, 6.45) is 0.747. The molecule has 5 heteroatoms. The quantitative estimate of drug-likeness (QED) is 0.461. The molecule has 0 radical (unpaired) electrons. The number of thiol groups is 1. The third kappa shape index (κ3) is 2.18. The first kappa shape index (κ1) is 11.7. The van der Waals surface area contributed by atoms with Crippen LogP contribution in [0, 0.1) is 0 Å². The van der Waals surface area contributed by atoms with Gasteiger partial charge in [-0.3, -0.25) is 4.79 Å². The Kier molecular flexibility index (Phi) is 3.47. The molecule has 1 unspecified atom stereocenters. The lowest BCUT2D eigenvalue weighted by atomic mass is 9.99. The number of carbonyl (C=O) groups excluding carboxylic acids is 1. The van der Waals surface area contributed by atoms with Crippen LogP contribution in [0.4, 0.5) is 11.4 Å². The van der Waals surface area contributed by atoms with Gasteiger partial charge in [-0.1, -0.05) is 6.92 Å². The highest BCUT2D eigenvalue weighted by Gasteiger charge is 2.18. The fourth-order valence-corrected chi connectivity index (χ4v) is 1.71. The van der Waals surface area contributed by atoms with Crippen molar-refractivity contribution in [2.75, 3.05) is 11.5 Å². The second kappa shape index (κ2) is 4.44. The number of hydrogen-bond donors (Lipinski definition) is 4. The molecule has 4 nitrogen and oxygen atoms in total. The molecule has 0 saturated carbocycles. The molecule has 0 spiro atoms. The van der Waals surface area contributed by atoms with E-state index in [1.807, 2.05) is 6.92 Å². The van der Waals surface area contributed by atoms with Gasteiger partial charge in [0.05, 0.1) is 11.4 Å². The van der Waals surface area contributed by atoms with E-state index < -0.39 is 5.91 Å². The molecule has 6 N–H and O–H groups in total. The fraction of sp³-hybridized carbons (Fsp3) is 0.300. The fourth-order valence-electron chi connectivity index (χ4n) is 1.43. The second-order valence-electron chi connectivity index (χ2n) is 3.32. The van der Waals surface area contributed by atoms with Crippen LogP contribution in [0.15, 0.2) is 12.1 Å². The number of nitrogen functional groups attached to an aromatic ring is 2. The van der Waals surface area contributed by atoms with E-state index in [0.29, 0.717) is 22.5 Å². The summed E-state index contributed by atoms with van der Waals surface area (Å²) in [6, 6.07) is 3.16. The Hall–Kier alpha value is -1.36. The molecular formula is C10H15N3OS. The minimum Gasteiger partial charge on any atom is -0.397 e. The van der Waals surface area contributed by atoms with Crippen molar-refractivity contribution in [1.82, 2.24) is 0 Å². The van der Waals surface area contributed by atoms with Crippen LogP contribution in [0.5, 0.6) is 0 Å². The van der Waals surface area contributed by atoms with Gasteiger partial charge >= 0.3 is 0 Å². The van der Waals surface area contributed by atoms with Crippen molar-refractivity contribution in [2.45, 2.75) is 18.6 Å². The van der Waals surface area contributed by atoms with Crippen molar-refractivity contribution >= 4 is 29.9 Å². The lowest BCUT2D eigenvalue weighted by molar-refractivity contribution is 0.0999. The van der Waals surface area contributed by atoms with Crippen LogP contribution >= 0.6 is 12.6 Å². The van der Waals surface area contributed by atoms with Gasteiger partial charge in [-0.2, -0.15) is 12.6 Å². The standard InChI is InChI=1S/C10H15N3OS/c1-2-7(15)8-5(10(13)14)3-4-6(11)9(8)12/h3-4,7,15H,2,11-12H2,1H3,(H2,13,14). The van der Waals surface area contributed by atoms with Crippen molar-refractivity contribution in [3.8, 4) is 0 Å². The van der Waals surface area contributed by atoms with Crippen LogP contribution < -0.4 is 17.2 Å². The average molecular weight is 225 g/mol. The van der Waals surface area contributed by atoms with E-state index in [4.69, 9.17) is 17.2 Å². The summed E-state index contributed by atoms with van der Waals surface area (Å²) in [7, 11) is 0. The summed E-state index contributed by atoms with van der Waals surface area (Å²) in [5.74, 6) is -0.510. The van der Waals surface area contributed by atoms with Crippen LogP contribution in [0.3, 0.4) is 0 Å². The van der Waals surface area contributed by atoms with Crippen molar-refractivity contribution < 1.29 is 4.79 Å². The summed E-state index contributed by atoms with van der Waals surface area (Å²) < 4.78 is 0. The zero-order valence-electron chi connectivity index (χ0n) is 8.53. The van der Waals surface area contributed by atoms with Crippen LogP contribution in [0.1, 0.15) is 34.5 Å². The minimum absolute atomic E-state index is 0.129. The maximum Gasteiger partial charge on any atom is 0.249 e. The van der Waals surface area contributed by atoms with Crippen LogP contribution in [0.2, 0.25) is 0 Å². The molecule has 0 saturated heterocycles. The summed E-state index contributed by atoms with van der Waals surface area (Å²) in [5, 5.41) is -0.129. The third-order valence-corrected chi connectivity index (χ3v) is 2.93. The Labute approximate surface area is 94.2 Å². The Morgan fingerprint density at radius 3 is 2.53 bits per heavy atom. The van der Waals surface area contributed by atoms with Crippen molar-refractivity contribution in [2.24, 2.45) is 5.73 Å². The molecule has 82 valence electrons. The maximum atomic E-state index is 11.2. The largest absolute Gasteiger partial charge is 0.397 e. The molecule has 0 aliphatic rings. The molecule has 1 aromatic carbocycles. The number of nitrogens with two attached hydrogens (primary N) is 3. The third-order valence-electron chi connectivity index (χ3n) is 2.31. The molecule has 0 aromatic heterocycles. The van der Waals surface area contributed by atoms with E-state index >= 15 is 0 Å². The molecule has 1 aromatic rings. The number of rotatable bonds is 3. The maximum absolute atomic E-state index is 11.2. The van der Waals surface area contributed by atoms with Crippen molar-refractivity contribution in [1.29, 1.82) is 0 Å². The van der Waals surface area contributed by atoms with E-state index in [9.17, 15) is 4.79 Å². The molecule has 15 heavy (non-hydrogen) atoms. The van der Waals surface area contributed by atoms with Crippen molar-refractivity contribution in [3.05, 3.63) is 23.3 Å². The van der Waals surface area contributed by atoms with Gasteiger partial charge in [-0.15, -0.1) is 0 Å². The first-order chi connectivity index (χ1) is 6.99. The summed E-state index contributed by atoms with van der Waals surface area (Å²) in [5.41, 5.74) is 18.6. The molecule has 0 heterocycles. The van der Waals surface area contributed by atoms with E-state index in [1.54, 1.807) is 12.1 Å². The molecule has 1 rings (SSSR count). The van der Waals surface area contributed by atoms with Gasteiger partial charge in [-0.05, 0) is 18.6 Å². The predicted octanol–water partition coefficient (Wildman–Crippen LogP) is 1.33. The summed E-state index contributed by atoms with van der Waals surface area (Å²) >= 11 is 4.36. The highest BCUT2D eigenvalue weighted by atomic mass is 32.1. The highest BCUT2D eigenvalue weighted by molar-refractivity contribution is 7.80. The first-order valence-electron chi connectivity index (χ1n) is 4.64. The topological polar surface area (TPSA) is 95.1 Å². The average Bonchev–Trinajstić information content (AvgIpc) is 2.20. The molecular weight excluding hydrogens is 210 g/mol. The Morgan fingerprint density at radius 2 is 2.07 bits per heavy atom. The molecule has 0 aliphatic carbocycles. The Bertz CT molecular complexity index is 392. The van der Waals surface area contributed by atoms with Gasteiger partial charge in [0.1, 0.15) is 0 Å². The SMILES string of the molecule is CCC(S)c1c(C(N)=O)ccc(N)c1N. The van der Waals surface area contributed by atoms with Crippen molar-refractivity contribution in [3.63, 3.8) is 0 Å². The summed E-state index contributed by atoms with van der Waals surface area (Å²) in [6.45, 7) is 1.95. The van der Waals surface area contributed by atoms with Crippen LogP contribution in [-0.4, -0.2) is 5.91 Å². The summed E-state index contributed by atoms with van der Waals surface area (Å²) in [4.78, 5) is 11.2. The number of carbonyl (C=O) groups is 1. The zero-order chi connectivity index (χ0) is 11.6. The van der Waals surface area contributed by atoms with Gasteiger partial charge in [-0.25, -0.2) is 0 Å². The number of anilines is 2. The minimum atomic E-state index is -0.510. The number of amides is 1. The molecule has 0 fully saturated rings. The Balaban J connectivity index is 3.41. The van der Waals surface area contributed by atoms with E-state index in [1.165, 1.54) is 0 Å². The monoisotopic (exact) mass is 225 g/mol. The Morgan fingerprint density at radius 1 is 1.47 bits per heavy atom. The van der Waals surface area contributed by atoms with Gasteiger partial charge in [0.25, 0.3) is 0 Å². The molecule has 0 aliphatic heterocycles. The molecule has 0 bridgehead atoms. The lowest BCUT2D eigenvalue weighted by Gasteiger charge is -2.16. The van der Waals surface area contributed by atoms with Crippen LogP contribution in [-0.2, 0) is 0 Å². The normalized spacial score (nSPS) is 12.4. The van der Waals surface area contributed by atoms with Gasteiger partial charge in [0.2, 0.25) is 5.91 Å². The first-order valence-corrected chi connectivity index (χ1v) is 5.16. The van der Waals surface area contributed by atoms with E-state index in [0.717, 1.165) is 6.42 Å². The highest BCUT2D eigenvalue weighted by Crippen LogP contribution is 2.34. The smallest absolute Gasteiger partial charge is 0.249 e. The predicted molar refractivity (Wildman–Crippen MR) is 65.8 cm³/mol. The van der Waals surface area contributed by atoms with Crippen LogP contribution in [0.25, 0.3) is 0 Å². The zero-order valence-corrected chi connectivity index (χ0v) is 9.42. The molecule has 1 amide bonds. The second-order valence-corrected chi connectivity index (χ2v) is 3.94. The number of benzene rings is 1. The lowest BCUT2D eigenvalue weighted by Crippen LogP contribution is -2.16. The van der Waals surface area contributed by atoms with E-state index in [2.05, 4.69) is 12.6 Å². The van der Waals surface area contributed by atoms with Gasteiger partial charge < -0.3 is 17.2 Å².